The van der Waals surface area contributed by atoms with Crippen molar-refractivity contribution in [2.45, 2.75) is 0 Å². The number of carbonyl (C=O) groups excluding carboxylic acids is 2. The molecule has 0 aliphatic carbocycles. The number of anilines is 3. The molecule has 7 heteroatoms. The van der Waals surface area contributed by atoms with E-state index < -0.39 is 12.3 Å². The van der Waals surface area contributed by atoms with Crippen molar-refractivity contribution in [2.75, 3.05) is 19.1 Å². The number of rotatable bonds is 5. The molecule has 0 amide bonds. The van der Waals surface area contributed by atoms with Gasteiger partial charge in [0, 0.05) is 29.2 Å². The van der Waals surface area contributed by atoms with Gasteiger partial charge in [0.25, 0.3) is 0 Å². The summed E-state index contributed by atoms with van der Waals surface area (Å²) in [6.07, 6.45) is -1.61. The molecule has 29 heavy (non-hydrogen) atoms. The number of carbonyl (C=O) groups is 2. The first-order chi connectivity index (χ1) is 14.1. The summed E-state index contributed by atoms with van der Waals surface area (Å²) >= 11 is 0. The Hall–Kier alpha value is -4.00. The van der Waals surface area contributed by atoms with Crippen LogP contribution in [-0.2, 0) is 9.47 Å². The van der Waals surface area contributed by atoms with Crippen LogP contribution in [0.1, 0.15) is 0 Å². The fourth-order valence-electron chi connectivity index (χ4n) is 2.67. The molecule has 0 bridgehead atoms. The molecule has 0 spiro atoms. The summed E-state index contributed by atoms with van der Waals surface area (Å²) < 4.78 is 19.4. The highest BCUT2D eigenvalue weighted by Gasteiger charge is 2.15. The maximum absolute atomic E-state index is 11.5. The van der Waals surface area contributed by atoms with Gasteiger partial charge in [0.2, 0.25) is 0 Å². The van der Waals surface area contributed by atoms with E-state index in [4.69, 9.17) is 9.47 Å². The smallest absolute Gasteiger partial charge is 0.437 e. The van der Waals surface area contributed by atoms with Crippen LogP contribution in [-0.4, -0.2) is 26.5 Å². The van der Waals surface area contributed by atoms with Crippen LogP contribution in [0.15, 0.2) is 78.9 Å². The lowest BCUT2D eigenvalue weighted by atomic mass is 10.2. The van der Waals surface area contributed by atoms with Crippen LogP contribution in [0.2, 0.25) is 0 Å². The molecule has 7 nitrogen and oxygen atoms in total. The second kappa shape index (κ2) is 9.27. The number of hydrogen-bond acceptors (Lipinski definition) is 7. The molecule has 0 N–H and O–H groups in total. The molecule has 148 valence electrons. The average molecular weight is 393 g/mol. The van der Waals surface area contributed by atoms with Gasteiger partial charge in [-0.25, -0.2) is 9.59 Å². The number of nitrogens with zero attached hydrogens (tertiary/aromatic N) is 1. The zero-order chi connectivity index (χ0) is 20.6. The molecule has 0 unspecified atom stereocenters. The summed E-state index contributed by atoms with van der Waals surface area (Å²) in [5.74, 6) is 0.662. The third-order valence-electron chi connectivity index (χ3n) is 3.90. The second-order valence-corrected chi connectivity index (χ2v) is 5.78. The van der Waals surface area contributed by atoms with Crippen LogP contribution >= 0.6 is 0 Å². The molecular formula is C22H19NO6. The maximum atomic E-state index is 11.5. The zero-order valence-corrected chi connectivity index (χ0v) is 15.9. The molecule has 0 fully saturated rings. The fraction of sp³-hybridized carbons (Fsp3) is 0.0909. The first kappa shape index (κ1) is 19.8. The molecular weight excluding hydrogens is 374 g/mol. The highest BCUT2D eigenvalue weighted by atomic mass is 16.7. The van der Waals surface area contributed by atoms with Gasteiger partial charge in [-0.3, -0.25) is 0 Å². The Bertz CT molecular complexity index is 928. The van der Waals surface area contributed by atoms with Crippen molar-refractivity contribution in [1.82, 2.24) is 0 Å². The molecule has 0 radical (unpaired) electrons. The van der Waals surface area contributed by atoms with E-state index in [1.165, 1.54) is 14.2 Å². The quantitative estimate of drug-likeness (QED) is 0.422. The molecule has 0 saturated heterocycles. The Morgan fingerprint density at radius 2 is 1.07 bits per heavy atom. The minimum absolute atomic E-state index is 0.331. The second-order valence-electron chi connectivity index (χ2n) is 5.78. The predicted molar refractivity (Wildman–Crippen MR) is 107 cm³/mol. The summed E-state index contributed by atoms with van der Waals surface area (Å²) in [6.45, 7) is 0. The zero-order valence-electron chi connectivity index (χ0n) is 15.9. The molecule has 0 heterocycles. The summed E-state index contributed by atoms with van der Waals surface area (Å²) in [5, 5.41) is 0. The molecule has 0 aliphatic heterocycles. The number of methoxy groups -OCH3 is 2. The van der Waals surface area contributed by atoms with Gasteiger partial charge in [-0.2, -0.15) is 0 Å². The normalized spacial score (nSPS) is 10.0. The summed E-state index contributed by atoms with van der Waals surface area (Å²) in [4.78, 5) is 24.8. The average Bonchev–Trinajstić information content (AvgIpc) is 2.75. The van der Waals surface area contributed by atoms with Gasteiger partial charge < -0.3 is 23.8 Å². The fourth-order valence-corrected chi connectivity index (χ4v) is 2.67. The number of hydrogen-bond donors (Lipinski definition) is 0. The van der Waals surface area contributed by atoms with E-state index in [9.17, 15) is 9.59 Å². The van der Waals surface area contributed by atoms with Crippen LogP contribution in [0.25, 0.3) is 0 Å². The highest BCUT2D eigenvalue weighted by molar-refractivity contribution is 5.78. The first-order valence-corrected chi connectivity index (χ1v) is 8.67. The van der Waals surface area contributed by atoms with Crippen LogP contribution in [0.5, 0.6) is 11.5 Å². The van der Waals surface area contributed by atoms with E-state index >= 15 is 0 Å². The maximum Gasteiger partial charge on any atom is 0.513 e. The van der Waals surface area contributed by atoms with E-state index in [0.717, 1.165) is 17.1 Å². The van der Waals surface area contributed by atoms with Crippen molar-refractivity contribution in [2.24, 2.45) is 0 Å². The summed E-state index contributed by atoms with van der Waals surface area (Å²) in [6, 6.07) is 23.6. The van der Waals surface area contributed by atoms with Crippen molar-refractivity contribution in [3.8, 4) is 11.5 Å². The van der Waals surface area contributed by atoms with Gasteiger partial charge in [-0.15, -0.1) is 0 Å². The highest BCUT2D eigenvalue weighted by Crippen LogP contribution is 2.37. The molecule has 3 aromatic rings. The number of benzene rings is 3. The minimum Gasteiger partial charge on any atom is -0.437 e. The topological polar surface area (TPSA) is 74.3 Å². The van der Waals surface area contributed by atoms with Gasteiger partial charge in [0.15, 0.2) is 0 Å². The minimum atomic E-state index is -0.804. The predicted octanol–water partition coefficient (Wildman–Crippen LogP) is 5.45. The third-order valence-corrected chi connectivity index (χ3v) is 3.90. The lowest BCUT2D eigenvalue weighted by Crippen LogP contribution is -2.12. The van der Waals surface area contributed by atoms with Crippen molar-refractivity contribution < 1.29 is 28.5 Å². The van der Waals surface area contributed by atoms with E-state index in [1.54, 1.807) is 36.4 Å². The van der Waals surface area contributed by atoms with Gasteiger partial charge in [-0.05, 0) is 36.4 Å². The molecule has 3 aromatic carbocycles. The third kappa shape index (κ3) is 5.04. The van der Waals surface area contributed by atoms with Crippen molar-refractivity contribution in [3.05, 3.63) is 78.9 Å². The van der Waals surface area contributed by atoms with Crippen LogP contribution in [0.3, 0.4) is 0 Å². The number of ether oxygens (including phenoxy) is 4. The van der Waals surface area contributed by atoms with Crippen molar-refractivity contribution >= 4 is 29.4 Å². The first-order valence-electron chi connectivity index (χ1n) is 8.67. The van der Waals surface area contributed by atoms with Crippen LogP contribution in [0.4, 0.5) is 26.7 Å². The number of para-hydroxylation sites is 1. The Balaban J connectivity index is 2.03. The monoisotopic (exact) mass is 393 g/mol. The van der Waals surface area contributed by atoms with Crippen LogP contribution < -0.4 is 14.4 Å². The van der Waals surface area contributed by atoms with E-state index in [1.807, 2.05) is 47.4 Å². The Kier molecular flexibility index (Phi) is 6.32. The largest absolute Gasteiger partial charge is 0.513 e. The molecule has 0 aromatic heterocycles. The molecule has 0 aliphatic rings. The van der Waals surface area contributed by atoms with Gasteiger partial charge in [0.05, 0.1) is 14.2 Å². The van der Waals surface area contributed by atoms with E-state index in [0.29, 0.717) is 11.5 Å². The standard InChI is InChI=1S/C22H19NO6/c1-26-21(24)28-19-12-6-10-17(14-19)23(16-8-4-3-5-9-16)18-11-7-13-20(15-18)29-22(25)27-2/h3-15H,1-2H3. The van der Waals surface area contributed by atoms with Crippen molar-refractivity contribution in [1.29, 1.82) is 0 Å². The summed E-state index contributed by atoms with van der Waals surface area (Å²) in [5.41, 5.74) is 2.32. The Labute approximate surface area is 168 Å². The molecule has 0 saturated carbocycles. The lowest BCUT2D eigenvalue weighted by Gasteiger charge is -2.26. The van der Waals surface area contributed by atoms with E-state index in [-0.39, 0.29) is 0 Å². The molecule has 0 atom stereocenters. The Morgan fingerprint density at radius 3 is 1.52 bits per heavy atom. The summed E-state index contributed by atoms with van der Waals surface area (Å²) in [7, 11) is 2.49. The van der Waals surface area contributed by atoms with Gasteiger partial charge >= 0.3 is 12.3 Å². The lowest BCUT2D eigenvalue weighted by molar-refractivity contribution is 0.120. The van der Waals surface area contributed by atoms with Gasteiger partial charge in [-0.1, -0.05) is 30.3 Å². The molecule has 3 rings (SSSR count). The van der Waals surface area contributed by atoms with E-state index in [2.05, 4.69) is 9.47 Å². The Morgan fingerprint density at radius 1 is 0.621 bits per heavy atom. The SMILES string of the molecule is COC(=O)Oc1cccc(N(c2ccccc2)c2cccc(OC(=O)OC)c2)c1. The van der Waals surface area contributed by atoms with Crippen LogP contribution in [0, 0.1) is 0 Å². The van der Waals surface area contributed by atoms with Gasteiger partial charge in [0.1, 0.15) is 11.5 Å². The van der Waals surface area contributed by atoms with Crippen molar-refractivity contribution in [3.63, 3.8) is 0 Å².